The molecular formula is C22H23ClN4OS. The lowest BCUT2D eigenvalue weighted by molar-refractivity contribution is -0.119. The van der Waals surface area contributed by atoms with Crippen LogP contribution in [0.5, 0.6) is 0 Å². The van der Waals surface area contributed by atoms with Crippen LogP contribution in [0.15, 0.2) is 59.8 Å². The van der Waals surface area contributed by atoms with Crippen molar-refractivity contribution in [1.29, 1.82) is 0 Å². The van der Waals surface area contributed by atoms with Gasteiger partial charge >= 0.3 is 0 Å². The summed E-state index contributed by atoms with van der Waals surface area (Å²) in [6.45, 7) is 2.68. The molecule has 1 aliphatic rings. The van der Waals surface area contributed by atoms with Crippen LogP contribution in [0.1, 0.15) is 48.7 Å². The van der Waals surface area contributed by atoms with E-state index in [1.807, 2.05) is 49.4 Å². The Hall–Kier alpha value is -2.31. The van der Waals surface area contributed by atoms with E-state index in [9.17, 15) is 4.79 Å². The van der Waals surface area contributed by atoms with E-state index in [-0.39, 0.29) is 11.9 Å². The summed E-state index contributed by atoms with van der Waals surface area (Å²) >= 11 is 7.48. The summed E-state index contributed by atoms with van der Waals surface area (Å²) in [5.41, 5.74) is 2.19. The first-order chi connectivity index (χ1) is 14.1. The molecule has 1 atom stereocenters. The molecule has 29 heavy (non-hydrogen) atoms. The number of hydrogen-bond donors (Lipinski definition) is 1. The third-order valence-electron chi connectivity index (χ3n) is 4.93. The number of hydrogen-bond acceptors (Lipinski definition) is 4. The second-order valence-corrected chi connectivity index (χ2v) is 8.70. The van der Waals surface area contributed by atoms with Gasteiger partial charge in [-0.05, 0) is 43.0 Å². The van der Waals surface area contributed by atoms with Gasteiger partial charge in [0.05, 0.1) is 18.3 Å². The number of nitrogens with zero attached hydrogens (tertiary/aromatic N) is 3. The molecule has 1 heterocycles. The average molecular weight is 427 g/mol. The zero-order chi connectivity index (χ0) is 20.2. The third kappa shape index (κ3) is 5.19. The van der Waals surface area contributed by atoms with Gasteiger partial charge in [-0.25, -0.2) is 0 Å². The Labute approximate surface area is 179 Å². The SMILES string of the molecule is C[C@@H](NC(=O)CSc1nnc(C2CC2)n1Cc1ccccc1)c1cccc(Cl)c1. The van der Waals surface area contributed by atoms with Gasteiger partial charge in [-0.1, -0.05) is 65.8 Å². The van der Waals surface area contributed by atoms with Gasteiger partial charge in [0.2, 0.25) is 5.91 Å². The molecule has 150 valence electrons. The molecule has 0 spiro atoms. The fraction of sp³-hybridized carbons (Fsp3) is 0.318. The average Bonchev–Trinajstić information content (AvgIpc) is 3.49. The Morgan fingerprint density at radius 3 is 2.72 bits per heavy atom. The summed E-state index contributed by atoms with van der Waals surface area (Å²) in [5, 5.41) is 13.3. The van der Waals surface area contributed by atoms with Gasteiger partial charge in [0.1, 0.15) is 5.82 Å². The van der Waals surface area contributed by atoms with Crippen LogP contribution < -0.4 is 5.32 Å². The van der Waals surface area contributed by atoms with Gasteiger partial charge in [-0.2, -0.15) is 0 Å². The molecule has 0 radical (unpaired) electrons. The first-order valence-electron chi connectivity index (χ1n) is 9.75. The number of carbonyl (C=O) groups excluding carboxylic acids is 1. The van der Waals surface area contributed by atoms with E-state index in [2.05, 4.69) is 32.2 Å². The molecular weight excluding hydrogens is 404 g/mol. The van der Waals surface area contributed by atoms with E-state index in [4.69, 9.17) is 11.6 Å². The summed E-state index contributed by atoms with van der Waals surface area (Å²) in [5.74, 6) is 1.79. The first kappa shape index (κ1) is 20.0. The van der Waals surface area contributed by atoms with Crippen LogP contribution in [-0.2, 0) is 11.3 Å². The molecule has 0 aliphatic heterocycles. The smallest absolute Gasteiger partial charge is 0.230 e. The van der Waals surface area contributed by atoms with Crippen molar-refractivity contribution in [3.05, 3.63) is 76.6 Å². The molecule has 0 saturated heterocycles. The standard InChI is InChI=1S/C22H23ClN4OS/c1-15(18-8-5-9-19(23)12-18)24-20(28)14-29-22-26-25-21(17-10-11-17)27(22)13-16-6-3-2-4-7-16/h2-9,12,15,17H,10-11,13-14H2,1H3,(H,24,28)/t15-/m1/s1. The predicted octanol–water partition coefficient (Wildman–Crippen LogP) is 4.83. The minimum absolute atomic E-state index is 0.0373. The number of aromatic nitrogens is 3. The summed E-state index contributed by atoms with van der Waals surface area (Å²) in [6, 6.07) is 17.7. The van der Waals surface area contributed by atoms with E-state index >= 15 is 0 Å². The van der Waals surface area contributed by atoms with Crippen LogP contribution in [0, 0.1) is 0 Å². The number of halogens is 1. The van der Waals surface area contributed by atoms with Crippen molar-refractivity contribution in [2.45, 2.75) is 43.4 Å². The van der Waals surface area contributed by atoms with Gasteiger partial charge in [0.25, 0.3) is 0 Å². The molecule has 2 aromatic carbocycles. The maximum absolute atomic E-state index is 12.5. The monoisotopic (exact) mass is 426 g/mol. The fourth-order valence-corrected chi connectivity index (χ4v) is 4.19. The van der Waals surface area contributed by atoms with Crippen LogP contribution in [0.2, 0.25) is 5.02 Å². The fourth-order valence-electron chi connectivity index (χ4n) is 3.24. The minimum Gasteiger partial charge on any atom is -0.349 e. The number of carbonyl (C=O) groups is 1. The molecule has 1 amide bonds. The van der Waals surface area contributed by atoms with Crippen molar-refractivity contribution in [2.75, 3.05) is 5.75 Å². The number of thioether (sulfide) groups is 1. The second-order valence-electron chi connectivity index (χ2n) is 7.32. The Morgan fingerprint density at radius 1 is 1.21 bits per heavy atom. The predicted molar refractivity (Wildman–Crippen MR) is 116 cm³/mol. The zero-order valence-electron chi connectivity index (χ0n) is 16.2. The number of rotatable bonds is 8. The highest BCUT2D eigenvalue weighted by molar-refractivity contribution is 7.99. The van der Waals surface area contributed by atoms with Crippen molar-refractivity contribution < 1.29 is 4.79 Å². The third-order valence-corrected chi connectivity index (χ3v) is 6.13. The molecule has 1 N–H and O–H groups in total. The van der Waals surface area contributed by atoms with E-state index in [1.54, 1.807) is 0 Å². The van der Waals surface area contributed by atoms with Gasteiger partial charge in [0, 0.05) is 10.9 Å². The lowest BCUT2D eigenvalue weighted by Gasteiger charge is -2.15. The summed E-state index contributed by atoms with van der Waals surface area (Å²) < 4.78 is 2.16. The molecule has 0 unspecified atom stereocenters. The van der Waals surface area contributed by atoms with Crippen molar-refractivity contribution >= 4 is 29.3 Å². The van der Waals surface area contributed by atoms with Crippen molar-refractivity contribution in [1.82, 2.24) is 20.1 Å². The van der Waals surface area contributed by atoms with Crippen LogP contribution in [0.3, 0.4) is 0 Å². The molecule has 1 aromatic heterocycles. The van der Waals surface area contributed by atoms with Crippen LogP contribution in [-0.4, -0.2) is 26.4 Å². The number of nitrogens with one attached hydrogen (secondary N) is 1. The number of amides is 1. The molecule has 1 saturated carbocycles. The van der Waals surface area contributed by atoms with Gasteiger partial charge in [0.15, 0.2) is 5.16 Å². The Balaban J connectivity index is 1.41. The maximum atomic E-state index is 12.5. The highest BCUT2D eigenvalue weighted by atomic mass is 35.5. The van der Waals surface area contributed by atoms with Crippen LogP contribution in [0.4, 0.5) is 0 Å². The highest BCUT2D eigenvalue weighted by Crippen LogP contribution is 2.40. The topological polar surface area (TPSA) is 59.8 Å². The van der Waals surface area contributed by atoms with E-state index < -0.39 is 0 Å². The van der Waals surface area contributed by atoms with E-state index in [1.165, 1.54) is 17.3 Å². The molecule has 1 fully saturated rings. The van der Waals surface area contributed by atoms with Gasteiger partial charge < -0.3 is 9.88 Å². The lowest BCUT2D eigenvalue weighted by atomic mass is 10.1. The Morgan fingerprint density at radius 2 is 2.00 bits per heavy atom. The van der Waals surface area contributed by atoms with Crippen molar-refractivity contribution in [3.8, 4) is 0 Å². The Bertz CT molecular complexity index is 987. The molecule has 1 aliphatic carbocycles. The summed E-state index contributed by atoms with van der Waals surface area (Å²) in [6.07, 6.45) is 2.32. The van der Waals surface area contributed by atoms with Crippen LogP contribution >= 0.6 is 23.4 Å². The van der Waals surface area contributed by atoms with Crippen molar-refractivity contribution in [2.24, 2.45) is 0 Å². The van der Waals surface area contributed by atoms with Gasteiger partial charge in [-0.3, -0.25) is 4.79 Å². The zero-order valence-corrected chi connectivity index (χ0v) is 17.8. The maximum Gasteiger partial charge on any atom is 0.230 e. The molecule has 7 heteroatoms. The normalized spacial score (nSPS) is 14.6. The molecule has 3 aromatic rings. The van der Waals surface area contributed by atoms with Crippen molar-refractivity contribution in [3.63, 3.8) is 0 Å². The Kier molecular flexibility index (Phi) is 6.21. The second kappa shape index (κ2) is 9.01. The summed E-state index contributed by atoms with van der Waals surface area (Å²) in [7, 11) is 0. The molecule has 4 rings (SSSR count). The quantitative estimate of drug-likeness (QED) is 0.524. The lowest BCUT2D eigenvalue weighted by Crippen LogP contribution is -2.28. The molecule has 0 bridgehead atoms. The van der Waals surface area contributed by atoms with Crippen LogP contribution in [0.25, 0.3) is 0 Å². The summed E-state index contributed by atoms with van der Waals surface area (Å²) in [4.78, 5) is 12.5. The highest BCUT2D eigenvalue weighted by Gasteiger charge is 2.30. The minimum atomic E-state index is -0.106. The first-order valence-corrected chi connectivity index (χ1v) is 11.1. The molecule has 5 nitrogen and oxygen atoms in total. The van der Waals surface area contributed by atoms with Gasteiger partial charge in [-0.15, -0.1) is 10.2 Å². The number of benzene rings is 2. The van der Waals surface area contributed by atoms with E-state index in [0.717, 1.165) is 35.9 Å². The van der Waals surface area contributed by atoms with E-state index in [0.29, 0.717) is 16.7 Å². The largest absolute Gasteiger partial charge is 0.349 e.